The number of Topliss-reactive ketones (excluding diaryl/α,β-unsaturated/α-hetero) is 1. The number of hydrogen-bond acceptors (Lipinski definition) is 3. The fourth-order valence-corrected chi connectivity index (χ4v) is 3.73. The second-order valence-electron chi connectivity index (χ2n) is 7.48. The summed E-state index contributed by atoms with van der Waals surface area (Å²) >= 11 is 0. The van der Waals surface area contributed by atoms with Crippen LogP contribution < -0.4 is 4.90 Å². The van der Waals surface area contributed by atoms with Gasteiger partial charge in [0, 0.05) is 17.3 Å². The maximum absolute atomic E-state index is 13.9. The molecule has 0 bridgehead atoms. The van der Waals surface area contributed by atoms with Gasteiger partial charge >= 0.3 is 0 Å². The summed E-state index contributed by atoms with van der Waals surface area (Å²) in [5.41, 5.74) is 2.79. The molecule has 1 N–H and O–H groups in total. The zero-order valence-corrected chi connectivity index (χ0v) is 16.9. The highest BCUT2D eigenvalue weighted by atomic mass is 19.2. The first kappa shape index (κ1) is 20.5. The van der Waals surface area contributed by atoms with Crippen molar-refractivity contribution in [3.63, 3.8) is 0 Å². The molecule has 6 heteroatoms. The predicted molar refractivity (Wildman–Crippen MR) is 113 cm³/mol. The fourth-order valence-electron chi connectivity index (χ4n) is 3.73. The Hall–Kier alpha value is -3.80. The molecular weight excluding hydrogens is 400 g/mol. The second kappa shape index (κ2) is 7.80. The summed E-state index contributed by atoms with van der Waals surface area (Å²) < 4.78 is 27.4. The lowest BCUT2D eigenvalue weighted by atomic mass is 9.94. The van der Waals surface area contributed by atoms with Crippen molar-refractivity contribution in [2.24, 2.45) is 0 Å². The van der Waals surface area contributed by atoms with Gasteiger partial charge in [0.25, 0.3) is 11.7 Å². The lowest BCUT2D eigenvalue weighted by Crippen LogP contribution is -2.29. The van der Waals surface area contributed by atoms with Crippen molar-refractivity contribution < 1.29 is 23.5 Å². The molecule has 0 aromatic heterocycles. The van der Waals surface area contributed by atoms with Gasteiger partial charge in [-0.2, -0.15) is 0 Å². The van der Waals surface area contributed by atoms with Crippen molar-refractivity contribution in [1.29, 1.82) is 0 Å². The zero-order valence-electron chi connectivity index (χ0n) is 16.9. The molecule has 1 atom stereocenters. The van der Waals surface area contributed by atoms with Crippen LogP contribution in [0.2, 0.25) is 0 Å². The lowest BCUT2D eigenvalue weighted by Gasteiger charge is -2.25. The zero-order chi connectivity index (χ0) is 22.3. The first-order valence-electron chi connectivity index (χ1n) is 9.68. The summed E-state index contributed by atoms with van der Waals surface area (Å²) in [6, 6.07) is 15.9. The van der Waals surface area contributed by atoms with E-state index in [-0.39, 0.29) is 17.0 Å². The number of aliphatic hydroxyl groups excluding tert-OH is 1. The van der Waals surface area contributed by atoms with Gasteiger partial charge in [0.05, 0.1) is 11.6 Å². The maximum Gasteiger partial charge on any atom is 0.300 e. The number of carbonyl (C=O) groups excluding carboxylic acids is 2. The number of hydrogen-bond donors (Lipinski definition) is 1. The smallest absolute Gasteiger partial charge is 0.300 e. The van der Waals surface area contributed by atoms with Crippen molar-refractivity contribution in [3.8, 4) is 0 Å². The Morgan fingerprint density at radius 1 is 0.871 bits per heavy atom. The molecule has 1 aliphatic heterocycles. The lowest BCUT2D eigenvalue weighted by molar-refractivity contribution is -0.132. The van der Waals surface area contributed by atoms with E-state index in [9.17, 15) is 23.5 Å². The molecule has 1 aliphatic rings. The van der Waals surface area contributed by atoms with Crippen LogP contribution in [0.3, 0.4) is 0 Å². The van der Waals surface area contributed by atoms with Crippen LogP contribution in [0.25, 0.3) is 5.76 Å². The van der Waals surface area contributed by atoms with Crippen molar-refractivity contribution in [2.45, 2.75) is 19.9 Å². The molecule has 3 aromatic carbocycles. The Morgan fingerprint density at radius 3 is 2.23 bits per heavy atom. The minimum Gasteiger partial charge on any atom is -0.507 e. The molecule has 31 heavy (non-hydrogen) atoms. The normalized spacial score (nSPS) is 17.9. The van der Waals surface area contributed by atoms with E-state index >= 15 is 0 Å². The standard InChI is InChI=1S/C25H19F2NO3/c1-14-8-9-17(12-15(14)2)23(29)21-22(16-6-4-3-5-7-16)28(25(31)24(21)30)18-10-11-19(26)20(27)13-18/h3-13,22,29H,1-2H3/b23-21+. The van der Waals surface area contributed by atoms with Gasteiger partial charge in [0.1, 0.15) is 5.76 Å². The minimum atomic E-state index is -1.14. The minimum absolute atomic E-state index is 0.0222. The Balaban J connectivity index is 1.95. The van der Waals surface area contributed by atoms with Crippen LogP contribution in [0.5, 0.6) is 0 Å². The number of ketones is 1. The molecule has 3 aromatic rings. The van der Waals surface area contributed by atoms with E-state index in [4.69, 9.17) is 0 Å². The number of carbonyl (C=O) groups is 2. The van der Waals surface area contributed by atoms with Crippen molar-refractivity contribution >= 4 is 23.1 Å². The summed E-state index contributed by atoms with van der Waals surface area (Å²) in [5, 5.41) is 11.1. The highest BCUT2D eigenvalue weighted by Gasteiger charge is 2.47. The highest BCUT2D eigenvalue weighted by Crippen LogP contribution is 2.42. The third kappa shape index (κ3) is 3.50. The van der Waals surface area contributed by atoms with E-state index in [1.54, 1.807) is 42.5 Å². The molecule has 4 rings (SSSR count). The molecule has 1 unspecified atom stereocenters. The molecule has 1 heterocycles. The average molecular weight is 419 g/mol. The Morgan fingerprint density at radius 2 is 1.58 bits per heavy atom. The van der Waals surface area contributed by atoms with Crippen LogP contribution in [0.15, 0.2) is 72.3 Å². The van der Waals surface area contributed by atoms with Crippen LogP contribution >= 0.6 is 0 Å². The Kier molecular flexibility index (Phi) is 5.15. The average Bonchev–Trinajstić information content (AvgIpc) is 3.03. The van der Waals surface area contributed by atoms with Crippen LogP contribution in [0.1, 0.15) is 28.3 Å². The van der Waals surface area contributed by atoms with Crippen LogP contribution in [-0.2, 0) is 9.59 Å². The number of amides is 1. The number of aliphatic hydroxyl groups is 1. The van der Waals surface area contributed by atoms with Gasteiger partial charge in [0.2, 0.25) is 0 Å². The molecule has 0 aliphatic carbocycles. The number of aryl methyl sites for hydroxylation is 2. The first-order valence-corrected chi connectivity index (χ1v) is 9.68. The van der Waals surface area contributed by atoms with E-state index < -0.39 is 29.4 Å². The van der Waals surface area contributed by atoms with E-state index in [2.05, 4.69) is 0 Å². The topological polar surface area (TPSA) is 57.6 Å². The Labute approximate surface area is 178 Å². The summed E-state index contributed by atoms with van der Waals surface area (Å²) in [6.45, 7) is 3.80. The number of rotatable bonds is 3. The fraction of sp³-hybridized carbons (Fsp3) is 0.120. The van der Waals surface area contributed by atoms with Crippen LogP contribution in [0.4, 0.5) is 14.5 Å². The molecule has 1 saturated heterocycles. The molecule has 0 saturated carbocycles. The molecule has 1 amide bonds. The quantitative estimate of drug-likeness (QED) is 0.360. The van der Waals surface area contributed by atoms with Gasteiger partial charge in [-0.3, -0.25) is 14.5 Å². The third-order valence-corrected chi connectivity index (χ3v) is 5.52. The molecular formula is C25H19F2NO3. The summed E-state index contributed by atoms with van der Waals surface area (Å²) in [7, 11) is 0. The molecule has 0 radical (unpaired) electrons. The van der Waals surface area contributed by atoms with Gasteiger partial charge in [-0.05, 0) is 48.7 Å². The molecule has 1 fully saturated rings. The van der Waals surface area contributed by atoms with Gasteiger partial charge in [-0.1, -0.05) is 42.5 Å². The van der Waals surface area contributed by atoms with E-state index in [0.29, 0.717) is 11.1 Å². The van der Waals surface area contributed by atoms with E-state index in [1.165, 1.54) is 6.07 Å². The number of anilines is 1. The van der Waals surface area contributed by atoms with Crippen LogP contribution in [0, 0.1) is 25.5 Å². The molecule has 4 nitrogen and oxygen atoms in total. The van der Waals surface area contributed by atoms with Gasteiger partial charge < -0.3 is 5.11 Å². The number of halogens is 2. The summed E-state index contributed by atoms with van der Waals surface area (Å²) in [5.74, 6) is -4.34. The van der Waals surface area contributed by atoms with E-state index in [1.807, 2.05) is 19.9 Å². The highest BCUT2D eigenvalue weighted by molar-refractivity contribution is 6.51. The second-order valence-corrected chi connectivity index (χ2v) is 7.48. The number of benzene rings is 3. The number of nitrogens with zero attached hydrogens (tertiary/aromatic N) is 1. The Bertz CT molecular complexity index is 1230. The van der Waals surface area contributed by atoms with E-state index in [0.717, 1.165) is 28.2 Å². The van der Waals surface area contributed by atoms with Crippen molar-refractivity contribution in [2.75, 3.05) is 4.90 Å². The predicted octanol–water partition coefficient (Wildman–Crippen LogP) is 5.21. The first-order chi connectivity index (χ1) is 14.8. The summed E-state index contributed by atoms with van der Waals surface area (Å²) in [4.78, 5) is 27.1. The third-order valence-electron chi connectivity index (χ3n) is 5.52. The van der Waals surface area contributed by atoms with Gasteiger partial charge in [-0.15, -0.1) is 0 Å². The largest absolute Gasteiger partial charge is 0.507 e. The van der Waals surface area contributed by atoms with Crippen molar-refractivity contribution in [3.05, 3.63) is 106 Å². The molecule has 0 spiro atoms. The van der Waals surface area contributed by atoms with Crippen molar-refractivity contribution in [1.82, 2.24) is 0 Å². The monoisotopic (exact) mass is 419 g/mol. The maximum atomic E-state index is 13.9. The summed E-state index contributed by atoms with van der Waals surface area (Å²) in [6.07, 6.45) is 0. The van der Waals surface area contributed by atoms with Crippen LogP contribution in [-0.4, -0.2) is 16.8 Å². The van der Waals surface area contributed by atoms with Gasteiger partial charge in [0.15, 0.2) is 11.6 Å². The molecule has 156 valence electrons. The SMILES string of the molecule is Cc1ccc(/C(O)=C2\C(=O)C(=O)N(c3ccc(F)c(F)c3)C2c2ccccc2)cc1C. The van der Waals surface area contributed by atoms with Gasteiger partial charge in [-0.25, -0.2) is 8.78 Å².